The van der Waals surface area contributed by atoms with Gasteiger partial charge < -0.3 is 11.1 Å². The zero-order chi connectivity index (χ0) is 14.7. The van der Waals surface area contributed by atoms with Crippen LogP contribution in [0.25, 0.3) is 10.8 Å². The van der Waals surface area contributed by atoms with Crippen molar-refractivity contribution < 1.29 is 0 Å². The number of rotatable bonds is 5. The monoisotopic (exact) mass is 281 g/mol. The number of nitrogens with one attached hydrogen (secondary N) is 1. The normalized spacial score (nSPS) is 10.9. The van der Waals surface area contributed by atoms with Crippen molar-refractivity contribution in [1.29, 1.82) is 0 Å². The van der Waals surface area contributed by atoms with Crippen molar-refractivity contribution in [3.05, 3.63) is 48.5 Å². The molecule has 0 radical (unpaired) electrons. The van der Waals surface area contributed by atoms with Crippen LogP contribution in [0.4, 0.5) is 11.4 Å². The molecule has 0 atom stereocenters. The van der Waals surface area contributed by atoms with Crippen LogP contribution in [0.3, 0.4) is 0 Å². The van der Waals surface area contributed by atoms with E-state index in [-0.39, 0.29) is 0 Å². The molecule has 21 heavy (non-hydrogen) atoms. The van der Waals surface area contributed by atoms with Gasteiger partial charge in [0.2, 0.25) is 0 Å². The van der Waals surface area contributed by atoms with Gasteiger partial charge in [-0.3, -0.25) is 9.67 Å². The van der Waals surface area contributed by atoms with E-state index in [1.165, 1.54) is 0 Å². The molecule has 0 aliphatic rings. The van der Waals surface area contributed by atoms with Gasteiger partial charge in [-0.1, -0.05) is 0 Å². The molecule has 0 bridgehead atoms. The highest BCUT2D eigenvalue weighted by atomic mass is 15.3. The first-order valence-electron chi connectivity index (χ1n) is 7.10. The van der Waals surface area contributed by atoms with E-state index in [1.54, 1.807) is 6.20 Å². The van der Waals surface area contributed by atoms with Crippen LogP contribution < -0.4 is 11.1 Å². The summed E-state index contributed by atoms with van der Waals surface area (Å²) in [4.78, 5) is 4.32. The predicted molar refractivity (Wildman–Crippen MR) is 86.2 cm³/mol. The van der Waals surface area contributed by atoms with Gasteiger partial charge in [0.1, 0.15) is 0 Å². The Morgan fingerprint density at radius 3 is 3.00 bits per heavy atom. The van der Waals surface area contributed by atoms with Crippen LogP contribution in [-0.2, 0) is 6.54 Å². The Bertz CT molecular complexity index is 734. The van der Waals surface area contributed by atoms with Crippen molar-refractivity contribution in [2.24, 2.45) is 0 Å². The van der Waals surface area contributed by atoms with Crippen molar-refractivity contribution in [2.75, 3.05) is 17.6 Å². The molecular weight excluding hydrogens is 262 g/mol. The van der Waals surface area contributed by atoms with Gasteiger partial charge in [-0.05, 0) is 37.6 Å². The lowest BCUT2D eigenvalue weighted by atomic mass is 10.1. The molecule has 0 aliphatic heterocycles. The Balaban J connectivity index is 1.71. The summed E-state index contributed by atoms with van der Waals surface area (Å²) < 4.78 is 1.94. The van der Waals surface area contributed by atoms with Crippen LogP contribution in [0, 0.1) is 6.92 Å². The fourth-order valence-electron chi connectivity index (χ4n) is 2.42. The third-order valence-corrected chi connectivity index (χ3v) is 3.51. The average Bonchev–Trinajstić information content (AvgIpc) is 2.99. The van der Waals surface area contributed by atoms with Crippen molar-refractivity contribution >= 4 is 22.1 Å². The van der Waals surface area contributed by atoms with Crippen LogP contribution in [0.5, 0.6) is 0 Å². The van der Waals surface area contributed by atoms with Gasteiger partial charge in [0.15, 0.2) is 0 Å². The third-order valence-electron chi connectivity index (χ3n) is 3.51. The van der Waals surface area contributed by atoms with Gasteiger partial charge in [-0.25, -0.2) is 0 Å². The molecule has 0 saturated heterocycles. The summed E-state index contributed by atoms with van der Waals surface area (Å²) in [6, 6.07) is 7.97. The first-order chi connectivity index (χ1) is 10.2. The highest BCUT2D eigenvalue weighted by molar-refractivity contribution is 6.00. The summed E-state index contributed by atoms with van der Waals surface area (Å²) in [5.74, 6) is 0. The number of benzene rings is 1. The van der Waals surface area contributed by atoms with Gasteiger partial charge in [0.25, 0.3) is 0 Å². The molecule has 0 amide bonds. The van der Waals surface area contributed by atoms with Gasteiger partial charge in [0, 0.05) is 59.5 Å². The molecule has 5 heteroatoms. The molecule has 3 N–H and O–H groups in total. The molecule has 0 unspecified atom stereocenters. The Hall–Kier alpha value is -2.56. The minimum atomic E-state index is 0.764. The standard InChI is InChI=1S/C16H19N5/c1-12-10-13-14(11-19-12)15(17)4-5-16(13)18-6-2-8-21-9-3-7-20-21/h3-5,7,9-11,18H,2,6,8,17H2,1H3. The third kappa shape index (κ3) is 2.97. The Kier molecular flexibility index (Phi) is 3.73. The largest absolute Gasteiger partial charge is 0.398 e. The minimum absolute atomic E-state index is 0.764. The highest BCUT2D eigenvalue weighted by Crippen LogP contribution is 2.28. The Labute approximate surface area is 123 Å². The fraction of sp³-hybridized carbons (Fsp3) is 0.250. The molecule has 0 saturated carbocycles. The van der Waals surface area contributed by atoms with Crippen LogP contribution in [0.15, 0.2) is 42.9 Å². The lowest BCUT2D eigenvalue weighted by Crippen LogP contribution is -2.07. The van der Waals surface area contributed by atoms with Gasteiger partial charge in [0.05, 0.1) is 0 Å². The van der Waals surface area contributed by atoms with Crippen molar-refractivity contribution in [2.45, 2.75) is 19.9 Å². The summed E-state index contributed by atoms with van der Waals surface area (Å²) >= 11 is 0. The van der Waals surface area contributed by atoms with E-state index in [4.69, 9.17) is 5.73 Å². The first kappa shape index (κ1) is 13.4. The van der Waals surface area contributed by atoms with E-state index in [1.807, 2.05) is 42.2 Å². The zero-order valence-corrected chi connectivity index (χ0v) is 12.1. The molecule has 3 rings (SSSR count). The molecule has 0 aliphatic carbocycles. The number of nitrogen functional groups attached to an aromatic ring is 1. The van der Waals surface area contributed by atoms with Crippen molar-refractivity contribution in [3.8, 4) is 0 Å². The number of hydrogen-bond acceptors (Lipinski definition) is 4. The van der Waals surface area contributed by atoms with E-state index in [2.05, 4.69) is 21.5 Å². The van der Waals surface area contributed by atoms with Crippen LogP contribution in [0.2, 0.25) is 0 Å². The average molecular weight is 281 g/mol. The molecule has 2 heterocycles. The first-order valence-corrected chi connectivity index (χ1v) is 7.10. The van der Waals surface area contributed by atoms with E-state index in [9.17, 15) is 0 Å². The van der Waals surface area contributed by atoms with Crippen LogP contribution >= 0.6 is 0 Å². The molecule has 0 fully saturated rings. The summed E-state index contributed by atoms with van der Waals surface area (Å²) in [7, 11) is 0. The van der Waals surface area contributed by atoms with Crippen molar-refractivity contribution in [3.63, 3.8) is 0 Å². The second kappa shape index (κ2) is 5.83. The summed E-state index contributed by atoms with van der Waals surface area (Å²) in [5, 5.41) is 9.80. The number of pyridine rings is 1. The van der Waals surface area contributed by atoms with Crippen molar-refractivity contribution in [1.82, 2.24) is 14.8 Å². The maximum atomic E-state index is 6.01. The van der Waals surface area contributed by atoms with Crippen LogP contribution in [-0.4, -0.2) is 21.3 Å². The zero-order valence-electron chi connectivity index (χ0n) is 12.1. The Morgan fingerprint density at radius 2 is 2.19 bits per heavy atom. The number of aromatic nitrogens is 3. The topological polar surface area (TPSA) is 68.8 Å². The number of hydrogen-bond donors (Lipinski definition) is 2. The molecular formula is C16H19N5. The molecule has 3 aromatic rings. The van der Waals surface area contributed by atoms with Gasteiger partial charge in [-0.2, -0.15) is 5.10 Å². The predicted octanol–water partition coefficient (Wildman–Crippen LogP) is 2.82. The van der Waals surface area contributed by atoms with Gasteiger partial charge in [-0.15, -0.1) is 0 Å². The van der Waals surface area contributed by atoms with E-state index < -0.39 is 0 Å². The summed E-state index contributed by atoms with van der Waals surface area (Å²) in [5.41, 5.74) is 8.87. The summed E-state index contributed by atoms with van der Waals surface area (Å²) in [6.45, 7) is 3.79. The lowest BCUT2D eigenvalue weighted by Gasteiger charge is -2.12. The second-order valence-electron chi connectivity index (χ2n) is 5.12. The van der Waals surface area contributed by atoms with E-state index in [0.29, 0.717) is 0 Å². The quantitative estimate of drug-likeness (QED) is 0.557. The molecule has 108 valence electrons. The highest BCUT2D eigenvalue weighted by Gasteiger charge is 2.05. The number of fused-ring (bicyclic) bond motifs is 1. The smallest absolute Gasteiger partial charge is 0.0489 e. The number of nitrogens with zero attached hydrogens (tertiary/aromatic N) is 3. The molecule has 0 spiro atoms. The number of anilines is 2. The fourth-order valence-corrected chi connectivity index (χ4v) is 2.42. The van der Waals surface area contributed by atoms with Gasteiger partial charge >= 0.3 is 0 Å². The Morgan fingerprint density at radius 1 is 1.29 bits per heavy atom. The SMILES string of the molecule is Cc1cc2c(NCCCn3cccn3)ccc(N)c2cn1. The lowest BCUT2D eigenvalue weighted by molar-refractivity contribution is 0.592. The molecule has 2 aromatic heterocycles. The molecule has 5 nitrogen and oxygen atoms in total. The van der Waals surface area contributed by atoms with Crippen LogP contribution in [0.1, 0.15) is 12.1 Å². The maximum Gasteiger partial charge on any atom is 0.0489 e. The number of aryl methyl sites for hydroxylation is 2. The number of nitrogens with two attached hydrogens (primary N) is 1. The summed E-state index contributed by atoms with van der Waals surface area (Å²) in [6.07, 6.45) is 6.64. The van der Waals surface area contributed by atoms with E-state index in [0.717, 1.165) is 47.4 Å². The van der Waals surface area contributed by atoms with E-state index >= 15 is 0 Å². The maximum absolute atomic E-state index is 6.01. The molecule has 1 aromatic carbocycles. The second-order valence-corrected chi connectivity index (χ2v) is 5.12. The minimum Gasteiger partial charge on any atom is -0.398 e.